The average molecular weight is 502 g/mol. The second-order valence-corrected chi connectivity index (χ2v) is 11.0. The molecule has 1 aliphatic carbocycles. The summed E-state index contributed by atoms with van der Waals surface area (Å²) in [5.41, 5.74) is 3.65. The van der Waals surface area contributed by atoms with E-state index in [0.29, 0.717) is 5.92 Å². The third kappa shape index (κ3) is 5.25. The van der Waals surface area contributed by atoms with E-state index in [4.69, 9.17) is 19.4 Å². The van der Waals surface area contributed by atoms with E-state index in [1.807, 2.05) is 0 Å². The number of fused-ring (bicyclic) bond motifs is 1. The first-order chi connectivity index (χ1) is 18.1. The molecule has 0 amide bonds. The van der Waals surface area contributed by atoms with Crippen LogP contribution in [-0.2, 0) is 10.2 Å². The summed E-state index contributed by atoms with van der Waals surface area (Å²) in [4.78, 5) is 15.2. The predicted octanol–water partition coefficient (Wildman–Crippen LogP) is 4.82. The number of rotatable bonds is 8. The Bertz CT molecular complexity index is 1230. The maximum absolute atomic E-state index is 5.66. The number of aromatic nitrogens is 2. The molecule has 3 aromatic rings. The number of piperidine rings is 1. The zero-order valence-corrected chi connectivity index (χ0v) is 22.2. The van der Waals surface area contributed by atoms with E-state index in [9.17, 15) is 0 Å². The normalized spacial score (nSPS) is 20.2. The van der Waals surface area contributed by atoms with E-state index in [1.165, 1.54) is 18.4 Å². The van der Waals surface area contributed by atoms with E-state index >= 15 is 0 Å². The van der Waals surface area contributed by atoms with Crippen LogP contribution in [0.25, 0.3) is 10.9 Å². The second kappa shape index (κ2) is 10.5. The minimum Gasteiger partial charge on any atom is -0.496 e. The molecule has 2 aliphatic heterocycles. The first-order valence-corrected chi connectivity index (χ1v) is 13.9. The summed E-state index contributed by atoms with van der Waals surface area (Å²) in [6.45, 7) is 9.93. The fourth-order valence-electron chi connectivity index (χ4n) is 5.73. The summed E-state index contributed by atoms with van der Waals surface area (Å²) in [6.07, 6.45) is 4.54. The van der Waals surface area contributed by atoms with Crippen LogP contribution >= 0.6 is 0 Å². The van der Waals surface area contributed by atoms with Gasteiger partial charge in [-0.05, 0) is 61.4 Å². The summed E-state index contributed by atoms with van der Waals surface area (Å²) in [5.74, 6) is 3.63. The molecule has 3 aliphatic rings. The van der Waals surface area contributed by atoms with E-state index in [2.05, 4.69) is 64.5 Å². The van der Waals surface area contributed by atoms with Gasteiger partial charge in [-0.2, -0.15) is 0 Å². The summed E-state index contributed by atoms with van der Waals surface area (Å²) < 4.78 is 11.1. The van der Waals surface area contributed by atoms with Gasteiger partial charge in [-0.3, -0.25) is 4.90 Å². The van der Waals surface area contributed by atoms with Gasteiger partial charge in [0.1, 0.15) is 17.4 Å². The Morgan fingerprint density at radius 2 is 1.81 bits per heavy atom. The number of methoxy groups -OCH3 is 1. The van der Waals surface area contributed by atoms with Crippen LogP contribution in [0.5, 0.6) is 5.75 Å². The molecule has 3 heterocycles. The molecule has 7 heteroatoms. The Morgan fingerprint density at radius 3 is 2.57 bits per heavy atom. The Morgan fingerprint density at radius 1 is 1.03 bits per heavy atom. The number of anilines is 2. The van der Waals surface area contributed by atoms with Crippen molar-refractivity contribution >= 4 is 22.4 Å². The van der Waals surface area contributed by atoms with Crippen LogP contribution in [0.15, 0.2) is 42.5 Å². The smallest absolute Gasteiger partial charge is 0.140 e. The maximum Gasteiger partial charge on any atom is 0.140 e. The van der Waals surface area contributed by atoms with Gasteiger partial charge < -0.3 is 19.7 Å². The Kier molecular flexibility index (Phi) is 6.91. The number of nitrogens with one attached hydrogen (secondary N) is 1. The zero-order valence-electron chi connectivity index (χ0n) is 22.2. The fraction of sp³-hybridized carbons (Fsp3) is 0.533. The number of ether oxygens (including phenoxy) is 2. The van der Waals surface area contributed by atoms with E-state index < -0.39 is 0 Å². The molecule has 0 unspecified atom stereocenters. The highest BCUT2D eigenvalue weighted by Gasteiger charge is 2.42. The minimum atomic E-state index is 0.133. The van der Waals surface area contributed by atoms with Crippen LogP contribution in [0.3, 0.4) is 0 Å². The predicted molar refractivity (Wildman–Crippen MR) is 149 cm³/mol. The van der Waals surface area contributed by atoms with Crippen molar-refractivity contribution in [1.82, 2.24) is 14.9 Å². The van der Waals surface area contributed by atoms with Crippen LogP contribution in [-0.4, -0.2) is 74.5 Å². The van der Waals surface area contributed by atoms with Crippen molar-refractivity contribution in [3.8, 4) is 5.75 Å². The highest BCUT2D eigenvalue weighted by atomic mass is 16.5. The number of morpholine rings is 1. The van der Waals surface area contributed by atoms with Crippen molar-refractivity contribution < 1.29 is 9.47 Å². The van der Waals surface area contributed by atoms with Gasteiger partial charge in [0, 0.05) is 55.8 Å². The van der Waals surface area contributed by atoms with Gasteiger partial charge in [-0.25, -0.2) is 9.97 Å². The molecule has 0 radical (unpaired) electrons. The quantitative estimate of drug-likeness (QED) is 0.475. The molecule has 0 bridgehead atoms. The topological polar surface area (TPSA) is 62.8 Å². The Labute approximate surface area is 220 Å². The van der Waals surface area contributed by atoms with E-state index in [1.54, 1.807) is 7.11 Å². The number of hydrogen-bond donors (Lipinski definition) is 1. The van der Waals surface area contributed by atoms with Gasteiger partial charge >= 0.3 is 0 Å². The van der Waals surface area contributed by atoms with Crippen molar-refractivity contribution in [2.24, 2.45) is 0 Å². The molecule has 6 rings (SSSR count). The van der Waals surface area contributed by atoms with Crippen LogP contribution < -0.4 is 15.0 Å². The van der Waals surface area contributed by atoms with Crippen molar-refractivity contribution in [3.63, 3.8) is 0 Å². The molecule has 1 saturated carbocycles. The highest BCUT2D eigenvalue weighted by Crippen LogP contribution is 2.47. The lowest BCUT2D eigenvalue weighted by Crippen LogP contribution is -2.39. The molecule has 37 heavy (non-hydrogen) atoms. The molecule has 0 atom stereocenters. The molecule has 7 nitrogen and oxygen atoms in total. The summed E-state index contributed by atoms with van der Waals surface area (Å²) in [5, 5.41) is 4.80. The van der Waals surface area contributed by atoms with Crippen LogP contribution in [0.2, 0.25) is 0 Å². The molecule has 1 N–H and O–H groups in total. The molecule has 196 valence electrons. The van der Waals surface area contributed by atoms with E-state index in [0.717, 1.165) is 99.3 Å². The van der Waals surface area contributed by atoms with Gasteiger partial charge in [0.25, 0.3) is 0 Å². The van der Waals surface area contributed by atoms with Crippen molar-refractivity contribution in [2.45, 2.75) is 43.9 Å². The van der Waals surface area contributed by atoms with Gasteiger partial charge in [0.05, 0.1) is 25.8 Å². The van der Waals surface area contributed by atoms with Gasteiger partial charge in [0.15, 0.2) is 0 Å². The molecule has 2 aromatic carbocycles. The molecule has 0 spiro atoms. The maximum atomic E-state index is 5.66. The summed E-state index contributed by atoms with van der Waals surface area (Å²) in [6, 6.07) is 15.1. The minimum absolute atomic E-state index is 0.133. The van der Waals surface area contributed by atoms with Gasteiger partial charge in [0.2, 0.25) is 0 Å². The number of hydrogen-bond acceptors (Lipinski definition) is 7. The van der Waals surface area contributed by atoms with Crippen LogP contribution in [0.1, 0.15) is 49.9 Å². The monoisotopic (exact) mass is 501 g/mol. The third-order valence-electron chi connectivity index (χ3n) is 8.45. The van der Waals surface area contributed by atoms with Gasteiger partial charge in [-0.15, -0.1) is 0 Å². The van der Waals surface area contributed by atoms with Gasteiger partial charge in [-0.1, -0.05) is 25.1 Å². The zero-order chi connectivity index (χ0) is 25.2. The molecule has 1 aromatic heterocycles. The van der Waals surface area contributed by atoms with Crippen LogP contribution in [0.4, 0.5) is 11.5 Å². The SMILES string of the molecule is COc1ccccc1C1CCN(c2nc(C3(C)CC3)nc3ccc(NCCN4CCOCC4)cc23)CC1. The Balaban J connectivity index is 1.23. The molecule has 3 fully saturated rings. The highest BCUT2D eigenvalue weighted by molar-refractivity contribution is 5.92. The van der Waals surface area contributed by atoms with E-state index in [-0.39, 0.29) is 5.41 Å². The summed E-state index contributed by atoms with van der Waals surface area (Å²) >= 11 is 0. The van der Waals surface area contributed by atoms with Crippen molar-refractivity contribution in [2.75, 3.05) is 69.8 Å². The molecular formula is C30H39N5O2. The molecule has 2 saturated heterocycles. The van der Waals surface area contributed by atoms with Crippen molar-refractivity contribution in [3.05, 3.63) is 53.9 Å². The fourth-order valence-corrected chi connectivity index (χ4v) is 5.73. The van der Waals surface area contributed by atoms with Crippen molar-refractivity contribution in [1.29, 1.82) is 0 Å². The first kappa shape index (κ1) is 24.4. The second-order valence-electron chi connectivity index (χ2n) is 11.0. The molecular weight excluding hydrogens is 462 g/mol. The van der Waals surface area contributed by atoms with Crippen LogP contribution in [0, 0.1) is 0 Å². The lowest BCUT2D eigenvalue weighted by molar-refractivity contribution is 0.0398. The number of para-hydroxylation sites is 1. The largest absolute Gasteiger partial charge is 0.496 e. The summed E-state index contributed by atoms with van der Waals surface area (Å²) in [7, 11) is 1.77. The number of benzene rings is 2. The average Bonchev–Trinajstić information content (AvgIpc) is 3.71. The lowest BCUT2D eigenvalue weighted by atomic mass is 9.88. The number of nitrogens with zero attached hydrogens (tertiary/aromatic N) is 4. The Hall–Kier alpha value is -2.90. The third-order valence-corrected chi connectivity index (χ3v) is 8.45. The first-order valence-electron chi connectivity index (χ1n) is 13.9. The standard InChI is InChI=1S/C30H39N5O2/c1-30(11-12-30)29-32-26-8-7-23(31-13-16-34-17-19-37-20-18-34)21-25(26)28(33-29)35-14-9-22(10-15-35)24-5-3-4-6-27(24)36-2/h3-8,21-22,31H,9-20H2,1-2H3. The lowest BCUT2D eigenvalue weighted by Gasteiger charge is -2.34.